The van der Waals surface area contributed by atoms with E-state index in [1.54, 1.807) is 24.8 Å². The van der Waals surface area contributed by atoms with Gasteiger partial charge in [-0.2, -0.15) is 0 Å². The average Bonchev–Trinajstić information content (AvgIpc) is 2.96. The molecular formula is C37H52O5. The standard InChI is InChI=1S/C37H52O5/c1-22-13-14-25(33(40)41-7)24-17-19-36(5)26(30(22)24)15-16-29-35(4)21-27(42-32(39)23-11-9-8-10-12-23)31(38)34(2,3)28(35)18-20-37(29,36)6/h8-12,15,22,24-25,27-31,38H,13-14,16-21H2,1-7H3. The first-order valence-corrected chi connectivity index (χ1v) is 16.5. The second kappa shape index (κ2) is 10.2. The van der Waals surface area contributed by atoms with E-state index in [-0.39, 0.29) is 39.5 Å². The number of allylic oxidation sites excluding steroid dienone is 2. The van der Waals surface area contributed by atoms with Crippen LogP contribution in [-0.4, -0.2) is 36.4 Å². The van der Waals surface area contributed by atoms with E-state index in [1.807, 2.05) is 18.2 Å². The fourth-order valence-corrected chi connectivity index (χ4v) is 11.8. The Morgan fingerprint density at radius 3 is 2.33 bits per heavy atom. The van der Waals surface area contributed by atoms with Gasteiger partial charge in [-0.3, -0.25) is 4.79 Å². The van der Waals surface area contributed by atoms with Crippen molar-refractivity contribution in [1.82, 2.24) is 0 Å². The predicted molar refractivity (Wildman–Crippen MR) is 163 cm³/mol. The van der Waals surface area contributed by atoms with Gasteiger partial charge >= 0.3 is 11.9 Å². The smallest absolute Gasteiger partial charge is 0.338 e. The molecule has 5 aliphatic rings. The summed E-state index contributed by atoms with van der Waals surface area (Å²) >= 11 is 0. The van der Waals surface area contributed by atoms with Crippen LogP contribution in [0.15, 0.2) is 42.0 Å². The van der Waals surface area contributed by atoms with Gasteiger partial charge < -0.3 is 14.6 Å². The lowest BCUT2D eigenvalue weighted by Crippen LogP contribution is -2.67. The zero-order valence-corrected chi connectivity index (χ0v) is 26.8. The van der Waals surface area contributed by atoms with E-state index in [4.69, 9.17) is 9.47 Å². The van der Waals surface area contributed by atoms with Crippen LogP contribution in [0.2, 0.25) is 0 Å². The van der Waals surface area contributed by atoms with Gasteiger partial charge in [0.1, 0.15) is 6.10 Å². The van der Waals surface area contributed by atoms with Crippen LogP contribution in [0.4, 0.5) is 0 Å². The van der Waals surface area contributed by atoms with Crippen LogP contribution in [0.3, 0.4) is 0 Å². The van der Waals surface area contributed by atoms with E-state index in [9.17, 15) is 14.7 Å². The summed E-state index contributed by atoms with van der Waals surface area (Å²) in [7, 11) is 1.54. The fraction of sp³-hybridized carbons (Fsp3) is 0.730. The van der Waals surface area contributed by atoms with Gasteiger partial charge in [0.2, 0.25) is 0 Å². The van der Waals surface area contributed by atoms with Gasteiger partial charge in [0.05, 0.1) is 24.7 Å². The summed E-state index contributed by atoms with van der Waals surface area (Å²) in [6, 6.07) is 9.17. The summed E-state index contributed by atoms with van der Waals surface area (Å²) in [4.78, 5) is 26.0. The summed E-state index contributed by atoms with van der Waals surface area (Å²) in [5.41, 5.74) is 1.86. The molecule has 11 unspecified atom stereocenters. The van der Waals surface area contributed by atoms with E-state index in [2.05, 4.69) is 47.6 Å². The summed E-state index contributed by atoms with van der Waals surface area (Å²) in [6.45, 7) is 14.3. The lowest BCUT2D eigenvalue weighted by atomic mass is 9.34. The monoisotopic (exact) mass is 576 g/mol. The third kappa shape index (κ3) is 4.11. The molecule has 6 rings (SSSR count). The van der Waals surface area contributed by atoms with E-state index in [0.717, 1.165) is 44.9 Å². The van der Waals surface area contributed by atoms with Gasteiger partial charge in [0.25, 0.3) is 0 Å². The van der Waals surface area contributed by atoms with E-state index < -0.39 is 12.2 Å². The molecule has 11 atom stereocenters. The summed E-state index contributed by atoms with van der Waals surface area (Å²) in [5, 5.41) is 11.7. The number of esters is 2. The molecule has 0 aromatic heterocycles. The third-order valence-corrected chi connectivity index (χ3v) is 14.1. The molecule has 0 amide bonds. The molecule has 4 fully saturated rings. The van der Waals surface area contributed by atoms with Crippen molar-refractivity contribution in [1.29, 1.82) is 0 Å². The molecule has 0 spiro atoms. The molecule has 0 heterocycles. The quantitative estimate of drug-likeness (QED) is 0.296. The van der Waals surface area contributed by atoms with Crippen LogP contribution < -0.4 is 0 Å². The van der Waals surface area contributed by atoms with Crippen LogP contribution in [-0.2, 0) is 14.3 Å². The Morgan fingerprint density at radius 1 is 0.929 bits per heavy atom. The van der Waals surface area contributed by atoms with Crippen molar-refractivity contribution in [2.45, 2.75) is 105 Å². The van der Waals surface area contributed by atoms with Crippen molar-refractivity contribution in [2.24, 2.45) is 57.2 Å². The maximum atomic E-state index is 13.2. The number of rotatable bonds is 3. The number of fused-ring (bicyclic) bond motifs is 7. The molecule has 4 saturated carbocycles. The SMILES string of the molecule is COC(=O)C1CCC(C)C2C3=CCC4C5(C)CC(OC(=O)c6ccccc6)C(O)C(C)(C)C5CCC4(C)C3(C)CCC12. The third-order valence-electron chi connectivity index (χ3n) is 14.1. The molecule has 230 valence electrons. The number of aliphatic hydroxyl groups is 1. The van der Waals surface area contributed by atoms with Crippen molar-refractivity contribution in [3.05, 3.63) is 47.5 Å². The molecule has 1 aromatic rings. The molecule has 0 bridgehead atoms. The van der Waals surface area contributed by atoms with Crippen LogP contribution in [0.5, 0.6) is 0 Å². The maximum Gasteiger partial charge on any atom is 0.338 e. The molecule has 5 nitrogen and oxygen atoms in total. The highest BCUT2D eigenvalue weighted by molar-refractivity contribution is 5.89. The molecule has 1 N–H and O–H groups in total. The van der Waals surface area contributed by atoms with Gasteiger partial charge in [-0.1, -0.05) is 71.4 Å². The Balaban J connectivity index is 1.35. The van der Waals surface area contributed by atoms with E-state index in [0.29, 0.717) is 41.6 Å². The Bertz CT molecular complexity index is 1250. The van der Waals surface area contributed by atoms with Gasteiger partial charge in [-0.25, -0.2) is 4.79 Å². The normalized spacial score (nSPS) is 45.7. The van der Waals surface area contributed by atoms with Crippen LogP contribution in [0.25, 0.3) is 0 Å². The number of aliphatic hydroxyl groups excluding tert-OH is 1. The number of carbonyl (C=O) groups excluding carboxylic acids is 2. The minimum atomic E-state index is -0.702. The first kappa shape index (κ1) is 29.9. The molecule has 5 heteroatoms. The predicted octanol–water partition coefficient (Wildman–Crippen LogP) is 7.62. The maximum absolute atomic E-state index is 13.2. The summed E-state index contributed by atoms with van der Waals surface area (Å²) < 4.78 is 11.5. The Morgan fingerprint density at radius 2 is 1.64 bits per heavy atom. The summed E-state index contributed by atoms with van der Waals surface area (Å²) in [6.07, 6.45) is 9.47. The molecule has 0 radical (unpaired) electrons. The lowest BCUT2D eigenvalue weighted by Gasteiger charge is -2.71. The first-order valence-electron chi connectivity index (χ1n) is 16.5. The number of benzene rings is 1. The zero-order chi connectivity index (χ0) is 30.2. The fourth-order valence-electron chi connectivity index (χ4n) is 11.8. The van der Waals surface area contributed by atoms with Crippen molar-refractivity contribution in [3.63, 3.8) is 0 Å². The van der Waals surface area contributed by atoms with E-state index >= 15 is 0 Å². The molecule has 1 aromatic carbocycles. The molecule has 0 saturated heterocycles. The van der Waals surface area contributed by atoms with E-state index in [1.165, 1.54) is 0 Å². The van der Waals surface area contributed by atoms with Crippen LogP contribution >= 0.6 is 0 Å². The second-order valence-corrected chi connectivity index (χ2v) is 16.0. The Kier molecular flexibility index (Phi) is 7.27. The minimum absolute atomic E-state index is 0.0149. The van der Waals surface area contributed by atoms with Gasteiger partial charge in [-0.15, -0.1) is 0 Å². The Hall–Kier alpha value is -2.14. The summed E-state index contributed by atoms with van der Waals surface area (Å²) in [5.74, 6) is 1.80. The zero-order valence-electron chi connectivity index (χ0n) is 26.8. The van der Waals surface area contributed by atoms with Crippen LogP contribution in [0, 0.1) is 57.2 Å². The second-order valence-electron chi connectivity index (χ2n) is 16.0. The topological polar surface area (TPSA) is 72.8 Å². The van der Waals surface area contributed by atoms with Crippen molar-refractivity contribution >= 4 is 11.9 Å². The molecular weight excluding hydrogens is 524 g/mol. The highest BCUT2D eigenvalue weighted by Crippen LogP contribution is 2.74. The van der Waals surface area contributed by atoms with Gasteiger partial charge in [0.15, 0.2) is 0 Å². The van der Waals surface area contributed by atoms with Gasteiger partial charge in [-0.05, 0) is 115 Å². The van der Waals surface area contributed by atoms with Gasteiger partial charge in [0, 0.05) is 0 Å². The first-order chi connectivity index (χ1) is 19.8. The number of ether oxygens (including phenoxy) is 2. The number of hydrogen-bond donors (Lipinski definition) is 1. The minimum Gasteiger partial charge on any atom is -0.469 e. The van der Waals surface area contributed by atoms with Crippen molar-refractivity contribution < 1.29 is 24.2 Å². The molecule has 42 heavy (non-hydrogen) atoms. The highest BCUT2D eigenvalue weighted by Gasteiger charge is 2.69. The van der Waals surface area contributed by atoms with Crippen molar-refractivity contribution in [2.75, 3.05) is 7.11 Å². The lowest BCUT2D eigenvalue weighted by molar-refractivity contribution is -0.230. The van der Waals surface area contributed by atoms with Crippen LogP contribution in [0.1, 0.15) is 103 Å². The number of methoxy groups -OCH3 is 1. The molecule has 0 aliphatic heterocycles. The number of carbonyl (C=O) groups is 2. The average molecular weight is 577 g/mol. The Labute approximate surface area is 252 Å². The molecule has 5 aliphatic carbocycles. The van der Waals surface area contributed by atoms with Crippen molar-refractivity contribution in [3.8, 4) is 0 Å². The largest absolute Gasteiger partial charge is 0.469 e. The highest BCUT2D eigenvalue weighted by atomic mass is 16.6. The number of hydrogen-bond acceptors (Lipinski definition) is 5.